The average Bonchev–Trinajstić information content (AvgIpc) is 2.48. The minimum absolute atomic E-state index is 0.376. The first-order valence-electron chi connectivity index (χ1n) is 3.15. The third-order valence-corrected chi connectivity index (χ3v) is 1.00. The van der Waals surface area contributed by atoms with Crippen LogP contribution in [0.5, 0.6) is 0 Å². The van der Waals surface area contributed by atoms with E-state index >= 15 is 0 Å². The van der Waals surface area contributed by atoms with E-state index < -0.39 is 0 Å². The summed E-state index contributed by atoms with van der Waals surface area (Å²) in [5, 5.41) is 0. The standard InChI is InChI=1S/C7H12O2/c1-6(2)3-8-4-7-5-9-7/h3,7H,4-5H2,1-2H3. The molecular weight excluding hydrogens is 116 g/mol. The largest absolute Gasteiger partial charge is 0.498 e. The second-order valence-corrected chi connectivity index (χ2v) is 2.48. The second kappa shape index (κ2) is 2.87. The summed E-state index contributed by atoms with van der Waals surface area (Å²) < 4.78 is 10.1. The summed E-state index contributed by atoms with van der Waals surface area (Å²) in [7, 11) is 0. The van der Waals surface area contributed by atoms with Crippen LogP contribution in [0.4, 0.5) is 0 Å². The van der Waals surface area contributed by atoms with Crippen molar-refractivity contribution >= 4 is 0 Å². The average molecular weight is 128 g/mol. The van der Waals surface area contributed by atoms with Crippen molar-refractivity contribution in [2.24, 2.45) is 0 Å². The van der Waals surface area contributed by atoms with Crippen LogP contribution in [0, 0.1) is 0 Å². The van der Waals surface area contributed by atoms with Crippen molar-refractivity contribution in [1.29, 1.82) is 0 Å². The molecule has 52 valence electrons. The van der Waals surface area contributed by atoms with Gasteiger partial charge in [0.1, 0.15) is 12.7 Å². The maximum Gasteiger partial charge on any atom is 0.116 e. The molecule has 1 aliphatic heterocycles. The van der Waals surface area contributed by atoms with Gasteiger partial charge < -0.3 is 9.47 Å². The molecule has 0 aromatic carbocycles. The molecule has 1 rings (SSSR count). The molecule has 0 radical (unpaired) electrons. The van der Waals surface area contributed by atoms with E-state index in [-0.39, 0.29) is 0 Å². The molecule has 0 amide bonds. The van der Waals surface area contributed by atoms with Crippen LogP contribution in [0.2, 0.25) is 0 Å². The maximum absolute atomic E-state index is 5.13. The molecule has 2 heteroatoms. The Morgan fingerprint density at radius 1 is 1.78 bits per heavy atom. The fraction of sp³-hybridized carbons (Fsp3) is 0.714. The number of hydrogen-bond donors (Lipinski definition) is 0. The molecule has 1 fully saturated rings. The quantitative estimate of drug-likeness (QED) is 0.422. The zero-order valence-corrected chi connectivity index (χ0v) is 5.89. The van der Waals surface area contributed by atoms with E-state index in [2.05, 4.69) is 0 Å². The third-order valence-electron chi connectivity index (χ3n) is 1.00. The van der Waals surface area contributed by atoms with Gasteiger partial charge in [0.15, 0.2) is 0 Å². The van der Waals surface area contributed by atoms with Gasteiger partial charge in [0.2, 0.25) is 0 Å². The number of epoxide rings is 1. The third kappa shape index (κ3) is 3.14. The lowest BCUT2D eigenvalue weighted by molar-refractivity contribution is 0.210. The zero-order valence-electron chi connectivity index (χ0n) is 5.89. The Morgan fingerprint density at radius 2 is 2.44 bits per heavy atom. The van der Waals surface area contributed by atoms with Crippen LogP contribution in [0.15, 0.2) is 11.8 Å². The lowest BCUT2D eigenvalue weighted by atomic mass is 10.4. The summed E-state index contributed by atoms with van der Waals surface area (Å²) in [4.78, 5) is 0. The highest BCUT2D eigenvalue weighted by Crippen LogP contribution is 2.08. The van der Waals surface area contributed by atoms with E-state index in [4.69, 9.17) is 9.47 Å². The highest BCUT2D eigenvalue weighted by atomic mass is 16.6. The molecule has 0 saturated carbocycles. The van der Waals surface area contributed by atoms with Crippen LogP contribution in [0.3, 0.4) is 0 Å². The molecule has 1 atom stereocenters. The van der Waals surface area contributed by atoms with Gasteiger partial charge in [0.05, 0.1) is 12.9 Å². The van der Waals surface area contributed by atoms with Gasteiger partial charge in [0.25, 0.3) is 0 Å². The van der Waals surface area contributed by atoms with Crippen LogP contribution in [0.25, 0.3) is 0 Å². The highest BCUT2D eigenvalue weighted by molar-refractivity contribution is 4.86. The molecule has 1 heterocycles. The number of rotatable bonds is 3. The molecule has 0 N–H and O–H groups in total. The Kier molecular flexibility index (Phi) is 2.11. The first-order chi connectivity index (χ1) is 4.29. The highest BCUT2D eigenvalue weighted by Gasteiger charge is 2.22. The SMILES string of the molecule is CC(C)=COCC1CO1. The Hall–Kier alpha value is -0.500. The van der Waals surface area contributed by atoms with Crippen LogP contribution < -0.4 is 0 Å². The predicted octanol–water partition coefficient (Wildman–Crippen LogP) is 1.33. The van der Waals surface area contributed by atoms with Crippen molar-refractivity contribution in [3.8, 4) is 0 Å². The van der Waals surface area contributed by atoms with Gasteiger partial charge in [-0.05, 0) is 19.4 Å². The molecule has 0 aromatic rings. The molecule has 1 saturated heterocycles. The molecule has 0 bridgehead atoms. The summed E-state index contributed by atoms with van der Waals surface area (Å²) in [6, 6.07) is 0. The lowest BCUT2D eigenvalue weighted by Gasteiger charge is -1.95. The molecule has 0 spiro atoms. The monoisotopic (exact) mass is 128 g/mol. The van der Waals surface area contributed by atoms with E-state index in [0.717, 1.165) is 6.61 Å². The van der Waals surface area contributed by atoms with Crippen molar-refractivity contribution in [3.63, 3.8) is 0 Å². The summed E-state index contributed by atoms with van der Waals surface area (Å²) in [5.74, 6) is 0. The van der Waals surface area contributed by atoms with Crippen molar-refractivity contribution in [1.82, 2.24) is 0 Å². The van der Waals surface area contributed by atoms with E-state index in [1.807, 2.05) is 13.8 Å². The fourth-order valence-corrected chi connectivity index (χ4v) is 0.486. The summed E-state index contributed by atoms with van der Waals surface area (Å²) in [5.41, 5.74) is 1.19. The molecule has 0 aromatic heterocycles. The Morgan fingerprint density at radius 3 is 2.89 bits per heavy atom. The minimum Gasteiger partial charge on any atom is -0.498 e. The number of hydrogen-bond acceptors (Lipinski definition) is 2. The van der Waals surface area contributed by atoms with E-state index in [1.54, 1.807) is 6.26 Å². The first kappa shape index (κ1) is 6.62. The molecule has 1 unspecified atom stereocenters. The Balaban J connectivity index is 1.97. The van der Waals surface area contributed by atoms with Crippen molar-refractivity contribution in [3.05, 3.63) is 11.8 Å². The first-order valence-corrected chi connectivity index (χ1v) is 3.15. The van der Waals surface area contributed by atoms with Gasteiger partial charge in [-0.15, -0.1) is 0 Å². The van der Waals surface area contributed by atoms with Crippen molar-refractivity contribution in [2.45, 2.75) is 20.0 Å². The Labute approximate surface area is 55.5 Å². The summed E-state index contributed by atoms with van der Waals surface area (Å²) >= 11 is 0. The van der Waals surface area contributed by atoms with Crippen LogP contribution >= 0.6 is 0 Å². The summed E-state index contributed by atoms with van der Waals surface area (Å²) in [6.45, 7) is 5.60. The number of allylic oxidation sites excluding steroid dienone is 1. The molecular formula is C7H12O2. The lowest BCUT2D eigenvalue weighted by Crippen LogP contribution is -1.95. The topological polar surface area (TPSA) is 21.8 Å². The molecule has 0 aliphatic carbocycles. The van der Waals surface area contributed by atoms with Gasteiger partial charge in [0, 0.05) is 0 Å². The maximum atomic E-state index is 5.13. The minimum atomic E-state index is 0.376. The summed E-state index contributed by atoms with van der Waals surface area (Å²) in [6.07, 6.45) is 2.14. The van der Waals surface area contributed by atoms with E-state index in [1.165, 1.54) is 5.57 Å². The van der Waals surface area contributed by atoms with Crippen LogP contribution in [-0.4, -0.2) is 19.3 Å². The second-order valence-electron chi connectivity index (χ2n) is 2.48. The van der Waals surface area contributed by atoms with Crippen LogP contribution in [-0.2, 0) is 9.47 Å². The normalized spacial score (nSPS) is 23.1. The van der Waals surface area contributed by atoms with Gasteiger partial charge >= 0.3 is 0 Å². The zero-order chi connectivity index (χ0) is 6.69. The van der Waals surface area contributed by atoms with E-state index in [0.29, 0.717) is 12.7 Å². The molecule has 9 heavy (non-hydrogen) atoms. The van der Waals surface area contributed by atoms with Crippen molar-refractivity contribution < 1.29 is 9.47 Å². The van der Waals surface area contributed by atoms with E-state index in [9.17, 15) is 0 Å². The molecule has 1 aliphatic rings. The number of ether oxygens (including phenoxy) is 2. The Bertz CT molecular complexity index is 110. The van der Waals surface area contributed by atoms with Gasteiger partial charge in [-0.1, -0.05) is 0 Å². The van der Waals surface area contributed by atoms with Gasteiger partial charge in [-0.25, -0.2) is 0 Å². The fourth-order valence-electron chi connectivity index (χ4n) is 0.486. The van der Waals surface area contributed by atoms with Gasteiger partial charge in [-0.2, -0.15) is 0 Å². The smallest absolute Gasteiger partial charge is 0.116 e. The van der Waals surface area contributed by atoms with Crippen molar-refractivity contribution in [2.75, 3.05) is 13.2 Å². The molecule has 2 nitrogen and oxygen atoms in total. The van der Waals surface area contributed by atoms with Gasteiger partial charge in [-0.3, -0.25) is 0 Å². The predicted molar refractivity (Wildman–Crippen MR) is 35.1 cm³/mol. The van der Waals surface area contributed by atoms with Crippen LogP contribution in [0.1, 0.15) is 13.8 Å².